The van der Waals surface area contributed by atoms with Crippen LogP contribution in [-0.4, -0.2) is 12.4 Å². The molecule has 2 nitrogen and oxygen atoms in total. The van der Waals surface area contributed by atoms with E-state index in [4.69, 9.17) is 4.74 Å². The number of hydrogen-bond donors (Lipinski definition) is 0. The van der Waals surface area contributed by atoms with Gasteiger partial charge in [-0.3, -0.25) is 4.79 Å². The summed E-state index contributed by atoms with van der Waals surface area (Å²) in [7, 11) is 0. The molecule has 1 saturated carbocycles. The van der Waals surface area contributed by atoms with Crippen molar-refractivity contribution in [2.75, 3.05) is 6.61 Å². The Morgan fingerprint density at radius 2 is 2.22 bits per heavy atom. The Bertz CT molecular complexity index is 425. The Morgan fingerprint density at radius 1 is 1.44 bits per heavy atom. The molecule has 1 aromatic carbocycles. The lowest BCUT2D eigenvalue weighted by molar-refractivity contribution is 0.0936. The van der Waals surface area contributed by atoms with E-state index in [1.807, 2.05) is 18.2 Å². The second-order valence-electron chi connectivity index (χ2n) is 4.92. The SMILES string of the molecule is CCCOc1ccc(C(=O)CC2CCC2)cc1Br. The summed E-state index contributed by atoms with van der Waals surface area (Å²) in [5, 5.41) is 0. The van der Waals surface area contributed by atoms with Crippen molar-refractivity contribution in [3.63, 3.8) is 0 Å². The van der Waals surface area contributed by atoms with Crippen LogP contribution in [0.25, 0.3) is 0 Å². The van der Waals surface area contributed by atoms with Gasteiger partial charge in [0.2, 0.25) is 0 Å². The third kappa shape index (κ3) is 3.35. The molecular weight excluding hydrogens is 292 g/mol. The number of Topliss-reactive ketones (excluding diaryl/α,β-unsaturated/α-hetero) is 1. The van der Waals surface area contributed by atoms with E-state index in [0.717, 1.165) is 22.2 Å². The summed E-state index contributed by atoms with van der Waals surface area (Å²) in [5.41, 5.74) is 0.789. The zero-order chi connectivity index (χ0) is 13.0. The molecule has 3 heteroatoms. The van der Waals surface area contributed by atoms with Crippen molar-refractivity contribution in [3.05, 3.63) is 28.2 Å². The van der Waals surface area contributed by atoms with E-state index >= 15 is 0 Å². The molecule has 0 radical (unpaired) electrons. The molecule has 0 unspecified atom stereocenters. The molecule has 0 bridgehead atoms. The van der Waals surface area contributed by atoms with Gasteiger partial charge in [0.15, 0.2) is 5.78 Å². The van der Waals surface area contributed by atoms with Crippen LogP contribution in [-0.2, 0) is 0 Å². The van der Waals surface area contributed by atoms with Crippen LogP contribution < -0.4 is 4.74 Å². The summed E-state index contributed by atoms with van der Waals surface area (Å²) >= 11 is 3.47. The van der Waals surface area contributed by atoms with E-state index in [9.17, 15) is 4.79 Å². The summed E-state index contributed by atoms with van der Waals surface area (Å²) in [6.07, 6.45) is 5.39. The van der Waals surface area contributed by atoms with Crippen LogP contribution >= 0.6 is 15.9 Å². The minimum absolute atomic E-state index is 0.252. The van der Waals surface area contributed by atoms with Gasteiger partial charge in [-0.1, -0.05) is 26.2 Å². The second kappa shape index (κ2) is 6.37. The topological polar surface area (TPSA) is 26.3 Å². The zero-order valence-corrected chi connectivity index (χ0v) is 12.3. The summed E-state index contributed by atoms with van der Waals surface area (Å²) < 4.78 is 6.45. The fourth-order valence-electron chi connectivity index (χ4n) is 2.08. The van der Waals surface area contributed by atoms with Gasteiger partial charge in [-0.15, -0.1) is 0 Å². The maximum Gasteiger partial charge on any atom is 0.163 e. The second-order valence-corrected chi connectivity index (χ2v) is 5.77. The Balaban J connectivity index is 2.00. The maximum absolute atomic E-state index is 12.1. The summed E-state index contributed by atoms with van der Waals surface area (Å²) in [5.74, 6) is 1.69. The van der Waals surface area contributed by atoms with Gasteiger partial charge in [0.05, 0.1) is 11.1 Å². The van der Waals surface area contributed by atoms with Gasteiger partial charge in [0.25, 0.3) is 0 Å². The van der Waals surface area contributed by atoms with Gasteiger partial charge >= 0.3 is 0 Å². The molecule has 1 fully saturated rings. The number of ketones is 1. The molecule has 0 atom stereocenters. The third-order valence-electron chi connectivity index (χ3n) is 3.41. The minimum atomic E-state index is 0.252. The molecular formula is C15H19BrO2. The van der Waals surface area contributed by atoms with Crippen LogP contribution in [0.4, 0.5) is 0 Å². The van der Waals surface area contributed by atoms with E-state index in [1.165, 1.54) is 19.3 Å². The van der Waals surface area contributed by atoms with Crippen LogP contribution in [0.5, 0.6) is 5.75 Å². The molecule has 0 aliphatic heterocycles. The Hall–Kier alpha value is -0.830. The molecule has 18 heavy (non-hydrogen) atoms. The quantitative estimate of drug-likeness (QED) is 0.717. The van der Waals surface area contributed by atoms with Crippen LogP contribution in [0.3, 0.4) is 0 Å². The molecule has 1 aliphatic rings. The number of ether oxygens (including phenoxy) is 1. The first-order valence-corrected chi connectivity index (χ1v) is 7.45. The van der Waals surface area contributed by atoms with E-state index < -0.39 is 0 Å². The highest BCUT2D eigenvalue weighted by Crippen LogP contribution is 2.32. The lowest BCUT2D eigenvalue weighted by Gasteiger charge is -2.24. The van der Waals surface area contributed by atoms with Crippen LogP contribution in [0.1, 0.15) is 49.4 Å². The maximum atomic E-state index is 12.1. The molecule has 98 valence electrons. The van der Waals surface area contributed by atoms with Crippen LogP contribution in [0.15, 0.2) is 22.7 Å². The Kier molecular flexibility index (Phi) is 4.81. The molecule has 1 aromatic rings. The normalized spacial score (nSPS) is 15.2. The van der Waals surface area contributed by atoms with Crippen molar-refractivity contribution < 1.29 is 9.53 Å². The van der Waals surface area contributed by atoms with E-state index in [1.54, 1.807) is 0 Å². The monoisotopic (exact) mass is 310 g/mol. The van der Waals surface area contributed by atoms with Gasteiger partial charge in [-0.05, 0) is 46.5 Å². The van der Waals surface area contributed by atoms with E-state index in [0.29, 0.717) is 18.9 Å². The number of benzene rings is 1. The smallest absolute Gasteiger partial charge is 0.163 e. The molecule has 2 rings (SSSR count). The first kappa shape index (κ1) is 13.6. The highest BCUT2D eigenvalue weighted by Gasteiger charge is 2.21. The fourth-order valence-corrected chi connectivity index (χ4v) is 2.57. The average molecular weight is 311 g/mol. The molecule has 0 heterocycles. The molecule has 0 saturated heterocycles. The summed E-state index contributed by atoms with van der Waals surface area (Å²) in [6.45, 7) is 2.78. The molecule has 0 amide bonds. The number of rotatable bonds is 6. The minimum Gasteiger partial charge on any atom is -0.492 e. The first-order chi connectivity index (χ1) is 8.70. The van der Waals surface area contributed by atoms with Gasteiger partial charge in [-0.2, -0.15) is 0 Å². The predicted molar refractivity (Wildman–Crippen MR) is 76.2 cm³/mol. The van der Waals surface area contributed by atoms with Gasteiger partial charge in [0, 0.05) is 12.0 Å². The van der Waals surface area contributed by atoms with Crippen molar-refractivity contribution in [1.82, 2.24) is 0 Å². The lowest BCUT2D eigenvalue weighted by Crippen LogP contribution is -2.15. The summed E-state index contributed by atoms with van der Waals surface area (Å²) in [4.78, 5) is 12.1. The number of halogens is 1. The van der Waals surface area contributed by atoms with Gasteiger partial charge in [0.1, 0.15) is 5.75 Å². The summed E-state index contributed by atoms with van der Waals surface area (Å²) in [6, 6.07) is 5.64. The molecule has 0 N–H and O–H groups in total. The van der Waals surface area contributed by atoms with Crippen LogP contribution in [0, 0.1) is 5.92 Å². The van der Waals surface area contributed by atoms with Gasteiger partial charge < -0.3 is 4.74 Å². The van der Waals surface area contributed by atoms with E-state index in [-0.39, 0.29) is 5.78 Å². The van der Waals surface area contributed by atoms with Crippen molar-refractivity contribution in [1.29, 1.82) is 0 Å². The van der Waals surface area contributed by atoms with Crippen LogP contribution in [0.2, 0.25) is 0 Å². The number of hydrogen-bond acceptors (Lipinski definition) is 2. The number of carbonyl (C=O) groups is 1. The van der Waals surface area contributed by atoms with Crippen molar-refractivity contribution >= 4 is 21.7 Å². The van der Waals surface area contributed by atoms with Crippen molar-refractivity contribution in [2.45, 2.75) is 39.0 Å². The molecule has 0 aromatic heterocycles. The van der Waals surface area contributed by atoms with E-state index in [2.05, 4.69) is 22.9 Å². The zero-order valence-electron chi connectivity index (χ0n) is 10.7. The van der Waals surface area contributed by atoms with Gasteiger partial charge in [-0.25, -0.2) is 0 Å². The molecule has 1 aliphatic carbocycles. The predicted octanol–water partition coefficient (Wildman–Crippen LogP) is 4.61. The molecule has 0 spiro atoms. The highest BCUT2D eigenvalue weighted by molar-refractivity contribution is 9.10. The fraction of sp³-hybridized carbons (Fsp3) is 0.533. The first-order valence-electron chi connectivity index (χ1n) is 6.66. The lowest BCUT2D eigenvalue weighted by atomic mass is 9.81. The van der Waals surface area contributed by atoms with Crippen molar-refractivity contribution in [3.8, 4) is 5.75 Å². The average Bonchev–Trinajstić information content (AvgIpc) is 2.32. The largest absolute Gasteiger partial charge is 0.492 e. The highest BCUT2D eigenvalue weighted by atomic mass is 79.9. The van der Waals surface area contributed by atoms with Crippen molar-refractivity contribution in [2.24, 2.45) is 5.92 Å². The number of carbonyl (C=O) groups excluding carboxylic acids is 1. The standard InChI is InChI=1S/C15H19BrO2/c1-2-8-18-15-7-6-12(10-13(15)16)14(17)9-11-4-3-5-11/h6-7,10-11H,2-5,8-9H2,1H3. The third-order valence-corrected chi connectivity index (χ3v) is 4.03. The Morgan fingerprint density at radius 3 is 2.78 bits per heavy atom. The Labute approximate surface area is 117 Å².